The number of carbonyl (C=O) groups excluding carboxylic acids is 1. The predicted molar refractivity (Wildman–Crippen MR) is 85.3 cm³/mol. The molecule has 0 aromatic heterocycles. The first-order valence-electron chi connectivity index (χ1n) is 7.56. The maximum Gasteiger partial charge on any atom is 0.326 e. The van der Waals surface area contributed by atoms with Gasteiger partial charge in [-0.1, -0.05) is 38.3 Å². The quantitative estimate of drug-likeness (QED) is 0.275. The summed E-state index contributed by atoms with van der Waals surface area (Å²) in [5, 5.41) is 20.9. The van der Waals surface area contributed by atoms with E-state index in [0.29, 0.717) is 6.42 Å². The SMILES string of the molecule is C=CCC(CC(N)=O)C(CCCCC)(C(=O)O)N(O)CC=C. The lowest BCUT2D eigenvalue weighted by atomic mass is 9.75. The number of primary amides is 1. The summed E-state index contributed by atoms with van der Waals surface area (Å²) < 4.78 is 0. The highest BCUT2D eigenvalue weighted by Crippen LogP contribution is 2.35. The Labute approximate surface area is 132 Å². The number of aliphatic carboxylic acids is 1. The number of carboxylic acid groups (broad SMARTS) is 1. The zero-order valence-corrected chi connectivity index (χ0v) is 13.3. The van der Waals surface area contributed by atoms with Gasteiger partial charge in [0.05, 0.1) is 0 Å². The summed E-state index contributed by atoms with van der Waals surface area (Å²) in [6.07, 6.45) is 5.74. The van der Waals surface area contributed by atoms with Crippen molar-refractivity contribution in [1.82, 2.24) is 5.06 Å². The minimum Gasteiger partial charge on any atom is -0.480 e. The van der Waals surface area contributed by atoms with Gasteiger partial charge in [-0.3, -0.25) is 9.59 Å². The van der Waals surface area contributed by atoms with Crippen LogP contribution in [0.1, 0.15) is 45.4 Å². The number of unbranched alkanes of at least 4 members (excludes halogenated alkanes) is 2. The molecular formula is C16H28N2O4. The Morgan fingerprint density at radius 3 is 2.36 bits per heavy atom. The third kappa shape index (κ3) is 5.27. The Balaban J connectivity index is 5.71. The summed E-state index contributed by atoms with van der Waals surface area (Å²) in [6, 6.07) is 0. The van der Waals surface area contributed by atoms with Crippen molar-refractivity contribution < 1.29 is 19.9 Å². The largest absolute Gasteiger partial charge is 0.480 e. The van der Waals surface area contributed by atoms with Crippen LogP contribution in [-0.4, -0.2) is 39.3 Å². The Hall–Kier alpha value is -1.66. The van der Waals surface area contributed by atoms with Crippen LogP contribution in [0, 0.1) is 5.92 Å². The van der Waals surface area contributed by atoms with E-state index in [1.54, 1.807) is 6.08 Å². The molecule has 4 N–H and O–H groups in total. The monoisotopic (exact) mass is 312 g/mol. The molecule has 1 amide bonds. The molecule has 6 heteroatoms. The number of nitrogens with two attached hydrogens (primary N) is 1. The number of carboxylic acids is 1. The molecule has 22 heavy (non-hydrogen) atoms. The van der Waals surface area contributed by atoms with Crippen LogP contribution >= 0.6 is 0 Å². The van der Waals surface area contributed by atoms with E-state index in [4.69, 9.17) is 5.73 Å². The van der Waals surface area contributed by atoms with E-state index >= 15 is 0 Å². The van der Waals surface area contributed by atoms with Gasteiger partial charge in [0.25, 0.3) is 0 Å². The summed E-state index contributed by atoms with van der Waals surface area (Å²) in [5.74, 6) is -2.41. The highest BCUT2D eigenvalue weighted by molar-refractivity contribution is 5.81. The third-order valence-corrected chi connectivity index (χ3v) is 3.87. The van der Waals surface area contributed by atoms with Gasteiger partial charge in [-0.2, -0.15) is 5.06 Å². The molecule has 0 spiro atoms. The molecule has 0 saturated carbocycles. The number of carbonyl (C=O) groups is 2. The van der Waals surface area contributed by atoms with Gasteiger partial charge < -0.3 is 16.0 Å². The van der Waals surface area contributed by atoms with Crippen molar-refractivity contribution in [1.29, 1.82) is 0 Å². The van der Waals surface area contributed by atoms with Crippen molar-refractivity contribution in [2.45, 2.75) is 51.0 Å². The van der Waals surface area contributed by atoms with E-state index in [2.05, 4.69) is 13.2 Å². The maximum absolute atomic E-state index is 12.0. The molecule has 0 rings (SSSR count). The fraction of sp³-hybridized carbons (Fsp3) is 0.625. The van der Waals surface area contributed by atoms with Crippen LogP contribution < -0.4 is 5.73 Å². The van der Waals surface area contributed by atoms with Gasteiger partial charge in [0, 0.05) is 18.9 Å². The summed E-state index contributed by atoms with van der Waals surface area (Å²) in [4.78, 5) is 23.3. The Morgan fingerprint density at radius 1 is 1.32 bits per heavy atom. The molecule has 6 nitrogen and oxygen atoms in total. The lowest BCUT2D eigenvalue weighted by molar-refractivity contribution is -0.209. The average Bonchev–Trinajstić information content (AvgIpc) is 2.42. The minimum atomic E-state index is -1.58. The van der Waals surface area contributed by atoms with Crippen molar-refractivity contribution in [3.63, 3.8) is 0 Å². The first-order valence-corrected chi connectivity index (χ1v) is 7.56. The van der Waals surface area contributed by atoms with Crippen molar-refractivity contribution in [3.8, 4) is 0 Å². The van der Waals surface area contributed by atoms with Gasteiger partial charge in [0.15, 0.2) is 0 Å². The Bertz CT molecular complexity index is 398. The Morgan fingerprint density at radius 2 is 1.95 bits per heavy atom. The smallest absolute Gasteiger partial charge is 0.326 e. The van der Waals surface area contributed by atoms with Crippen LogP contribution in [0.3, 0.4) is 0 Å². The second kappa shape index (κ2) is 10.1. The predicted octanol–water partition coefficient (Wildman–Crippen LogP) is 2.33. The molecule has 0 radical (unpaired) electrons. The van der Waals surface area contributed by atoms with Crippen LogP contribution in [-0.2, 0) is 9.59 Å². The number of nitrogens with zero attached hydrogens (tertiary/aromatic N) is 1. The van der Waals surface area contributed by atoms with Crippen LogP contribution in [0.5, 0.6) is 0 Å². The molecule has 0 heterocycles. The van der Waals surface area contributed by atoms with Crippen LogP contribution in [0.15, 0.2) is 25.3 Å². The molecule has 2 unspecified atom stereocenters. The van der Waals surface area contributed by atoms with Gasteiger partial charge in [0.2, 0.25) is 5.91 Å². The number of hydrogen-bond donors (Lipinski definition) is 3. The van der Waals surface area contributed by atoms with E-state index in [1.165, 1.54) is 6.08 Å². The van der Waals surface area contributed by atoms with E-state index in [0.717, 1.165) is 17.9 Å². The second-order valence-corrected chi connectivity index (χ2v) is 5.45. The van der Waals surface area contributed by atoms with Gasteiger partial charge in [-0.05, 0) is 12.8 Å². The zero-order chi connectivity index (χ0) is 17.2. The topological polar surface area (TPSA) is 104 Å². The highest BCUT2D eigenvalue weighted by atomic mass is 16.5. The second-order valence-electron chi connectivity index (χ2n) is 5.45. The van der Waals surface area contributed by atoms with E-state index < -0.39 is 23.3 Å². The minimum absolute atomic E-state index is 0.00910. The van der Waals surface area contributed by atoms with Gasteiger partial charge in [-0.15, -0.1) is 13.2 Å². The van der Waals surface area contributed by atoms with Crippen molar-refractivity contribution >= 4 is 11.9 Å². The fourth-order valence-electron chi connectivity index (χ4n) is 2.76. The van der Waals surface area contributed by atoms with Crippen molar-refractivity contribution in [2.24, 2.45) is 11.7 Å². The van der Waals surface area contributed by atoms with Gasteiger partial charge >= 0.3 is 5.97 Å². The summed E-state index contributed by atoms with van der Waals surface area (Å²) >= 11 is 0. The summed E-state index contributed by atoms with van der Waals surface area (Å²) in [7, 11) is 0. The molecule has 0 aliphatic heterocycles. The number of allylic oxidation sites excluding steroid dienone is 1. The standard InChI is InChI=1S/C16H28N2O4/c1-4-7-8-10-16(15(20)21,18(22)11-6-3)13(9-5-2)12-14(17)19/h5-6,13,22H,2-4,7-12H2,1H3,(H2,17,19)(H,20,21). The molecule has 0 aliphatic rings. The molecule has 0 fully saturated rings. The van der Waals surface area contributed by atoms with E-state index in [9.17, 15) is 19.9 Å². The summed E-state index contributed by atoms with van der Waals surface area (Å²) in [6.45, 7) is 9.15. The number of hydrogen-bond acceptors (Lipinski definition) is 4. The number of hydroxylamine groups is 2. The highest BCUT2D eigenvalue weighted by Gasteiger charge is 2.49. The average molecular weight is 312 g/mol. The number of amides is 1. The first-order chi connectivity index (χ1) is 10.4. The normalized spacial score (nSPS) is 15.0. The maximum atomic E-state index is 12.0. The zero-order valence-electron chi connectivity index (χ0n) is 13.3. The molecule has 0 bridgehead atoms. The lowest BCUT2D eigenvalue weighted by Gasteiger charge is -2.41. The molecule has 2 atom stereocenters. The molecule has 0 aliphatic carbocycles. The van der Waals surface area contributed by atoms with E-state index in [1.807, 2.05) is 6.92 Å². The molecule has 0 aromatic rings. The van der Waals surface area contributed by atoms with Gasteiger partial charge in [-0.25, -0.2) is 0 Å². The fourth-order valence-corrected chi connectivity index (χ4v) is 2.76. The number of rotatable bonds is 13. The van der Waals surface area contributed by atoms with Crippen LogP contribution in [0.4, 0.5) is 0 Å². The summed E-state index contributed by atoms with van der Waals surface area (Å²) in [5.41, 5.74) is 3.69. The van der Waals surface area contributed by atoms with Gasteiger partial charge in [0.1, 0.15) is 5.54 Å². The molecular weight excluding hydrogens is 284 g/mol. The molecule has 0 aromatic carbocycles. The molecule has 0 saturated heterocycles. The third-order valence-electron chi connectivity index (χ3n) is 3.87. The first kappa shape index (κ1) is 20.3. The lowest BCUT2D eigenvalue weighted by Crippen LogP contribution is -2.59. The van der Waals surface area contributed by atoms with Crippen molar-refractivity contribution in [2.75, 3.05) is 6.54 Å². The van der Waals surface area contributed by atoms with E-state index in [-0.39, 0.29) is 25.8 Å². The van der Waals surface area contributed by atoms with Crippen LogP contribution in [0.25, 0.3) is 0 Å². The Kier molecular flexibility index (Phi) is 9.37. The molecule has 126 valence electrons. The van der Waals surface area contributed by atoms with Crippen LogP contribution in [0.2, 0.25) is 0 Å². The van der Waals surface area contributed by atoms with Crippen molar-refractivity contribution in [3.05, 3.63) is 25.3 Å².